The van der Waals surface area contributed by atoms with Gasteiger partial charge in [0.25, 0.3) is 0 Å². The van der Waals surface area contributed by atoms with Crippen molar-refractivity contribution >= 4 is 28.9 Å². The molecule has 0 spiro atoms. The molecule has 4 rings (SSSR count). The van der Waals surface area contributed by atoms with Crippen LogP contribution in [-0.2, 0) is 4.57 Å². The minimum Gasteiger partial charge on any atom is -0.335 e. The van der Waals surface area contributed by atoms with Gasteiger partial charge in [-0.05, 0) is 11.1 Å². The van der Waals surface area contributed by atoms with Crippen LogP contribution in [0.3, 0.4) is 0 Å². The molecule has 1 N–H and O–H groups in total. The highest BCUT2D eigenvalue weighted by molar-refractivity contribution is 8.17. The Morgan fingerprint density at radius 2 is 1.31 bits per heavy atom. The van der Waals surface area contributed by atoms with Crippen molar-refractivity contribution in [3.63, 3.8) is 0 Å². The Bertz CT molecular complexity index is 812. The number of rotatable bonds is 3. The monoisotopic (exact) mass is 383 g/mol. The molecule has 2 heterocycles. The fourth-order valence-corrected chi connectivity index (χ4v) is 7.64. The average molecular weight is 383 g/mol. The molecule has 0 atom stereocenters. The second-order valence-electron chi connectivity index (χ2n) is 6.90. The van der Waals surface area contributed by atoms with Crippen molar-refractivity contribution in [1.82, 2.24) is 4.67 Å². The van der Waals surface area contributed by atoms with Gasteiger partial charge >= 0.3 is 0 Å². The maximum atomic E-state index is 14.0. The first-order valence-electron chi connectivity index (χ1n) is 9.05. The number of nitrogens with zero attached hydrogens (tertiary/aromatic N) is 1. The van der Waals surface area contributed by atoms with Gasteiger partial charge < -0.3 is 4.90 Å². The van der Waals surface area contributed by atoms with E-state index < -0.39 is 7.29 Å². The van der Waals surface area contributed by atoms with Gasteiger partial charge in [0.05, 0.1) is 33.2 Å². The van der Waals surface area contributed by atoms with Crippen molar-refractivity contribution < 1.29 is 9.46 Å². The van der Waals surface area contributed by atoms with Gasteiger partial charge in [-0.1, -0.05) is 72.4 Å². The predicted molar refractivity (Wildman–Crippen MR) is 112 cm³/mol. The van der Waals surface area contributed by atoms with Gasteiger partial charge in [0, 0.05) is 21.4 Å². The Kier molecular flexibility index (Phi) is 5.19. The van der Waals surface area contributed by atoms with Crippen LogP contribution >= 0.6 is 19.1 Å². The molecule has 1 saturated heterocycles. The first-order chi connectivity index (χ1) is 12.6. The van der Waals surface area contributed by atoms with Crippen molar-refractivity contribution in [3.8, 4) is 0 Å². The smallest absolute Gasteiger partial charge is 0.195 e. The van der Waals surface area contributed by atoms with Crippen LogP contribution < -0.4 is 4.90 Å². The largest absolute Gasteiger partial charge is 0.335 e. The molecule has 134 valence electrons. The normalized spacial score (nSPS) is 21.1. The molecule has 2 aromatic carbocycles. The van der Waals surface area contributed by atoms with Crippen LogP contribution in [0.15, 0.2) is 72.3 Å². The molecular weight excluding hydrogens is 359 g/mol. The minimum atomic E-state index is -2.68. The van der Waals surface area contributed by atoms with Crippen molar-refractivity contribution in [2.75, 3.05) is 33.2 Å². The van der Waals surface area contributed by atoms with E-state index in [4.69, 9.17) is 0 Å². The molecule has 0 amide bonds. The summed E-state index contributed by atoms with van der Waals surface area (Å²) in [6.45, 7) is 3.84. The van der Waals surface area contributed by atoms with Crippen LogP contribution in [0.5, 0.6) is 0 Å². The second kappa shape index (κ2) is 7.58. The molecule has 1 fully saturated rings. The van der Waals surface area contributed by atoms with Gasteiger partial charge in [-0.2, -0.15) is 0 Å². The lowest BCUT2D eigenvalue weighted by Gasteiger charge is -2.35. The molecule has 2 aliphatic rings. The minimum absolute atomic E-state index is 0.880. The van der Waals surface area contributed by atoms with Crippen LogP contribution in [0.4, 0.5) is 0 Å². The van der Waals surface area contributed by atoms with E-state index in [0.717, 1.165) is 47.1 Å². The molecule has 0 bridgehead atoms. The fraction of sp³-hybridized carbons (Fsp3) is 0.238. The van der Waals surface area contributed by atoms with Crippen LogP contribution in [-0.4, -0.2) is 37.9 Å². The topological polar surface area (TPSA) is 24.8 Å². The third kappa shape index (κ3) is 3.74. The average Bonchev–Trinajstić information content (AvgIpc) is 2.69. The third-order valence-corrected chi connectivity index (χ3v) is 9.01. The van der Waals surface area contributed by atoms with Gasteiger partial charge in [-0.25, -0.2) is 4.67 Å². The number of nitrogens with one attached hydrogen (secondary N) is 1. The highest BCUT2D eigenvalue weighted by Gasteiger charge is 2.34. The summed E-state index contributed by atoms with van der Waals surface area (Å²) in [6.07, 6.45) is 0. The van der Waals surface area contributed by atoms with Crippen LogP contribution in [0, 0.1) is 0 Å². The van der Waals surface area contributed by atoms with E-state index >= 15 is 0 Å². The van der Waals surface area contributed by atoms with Crippen LogP contribution in [0.2, 0.25) is 0 Å². The summed E-state index contributed by atoms with van der Waals surface area (Å²) in [4.78, 5) is 3.71. The number of piperazine rings is 1. The SMILES string of the molecule is C[NH+]1CCN(P2(=O)C=C(c3ccccc3)SC(c3ccccc3)=C2)CC1. The lowest BCUT2D eigenvalue weighted by Crippen LogP contribution is -3.11. The third-order valence-electron chi connectivity index (χ3n) is 4.98. The van der Waals surface area contributed by atoms with E-state index in [9.17, 15) is 4.57 Å². The van der Waals surface area contributed by atoms with E-state index in [2.05, 4.69) is 36.0 Å². The molecule has 0 radical (unpaired) electrons. The molecule has 3 nitrogen and oxygen atoms in total. The second-order valence-corrected chi connectivity index (χ2v) is 10.4. The zero-order valence-electron chi connectivity index (χ0n) is 15.0. The predicted octanol–water partition coefficient (Wildman–Crippen LogP) is 3.84. The molecule has 0 aliphatic carbocycles. The number of benzene rings is 2. The summed E-state index contributed by atoms with van der Waals surface area (Å²) in [7, 11) is -0.475. The molecule has 0 saturated carbocycles. The standard InChI is InChI=1S/C21H23N2OPS/c1-22-12-14-23(15-13-22)25(24)16-20(18-8-4-2-5-9-18)26-21(17-25)19-10-6-3-7-11-19/h2-11,16-17H,12-15H2,1H3/p+1. The Morgan fingerprint density at radius 3 is 1.77 bits per heavy atom. The molecular formula is C21H24N2OPS+. The van der Waals surface area contributed by atoms with Crippen molar-refractivity contribution in [3.05, 3.63) is 83.4 Å². The van der Waals surface area contributed by atoms with Crippen molar-refractivity contribution in [2.45, 2.75) is 0 Å². The zero-order chi connectivity index (χ0) is 18.0. The quantitative estimate of drug-likeness (QED) is 0.816. The molecule has 5 heteroatoms. The summed E-state index contributed by atoms with van der Waals surface area (Å²) in [5, 5.41) is 0. The first-order valence-corrected chi connectivity index (χ1v) is 11.7. The molecule has 2 aliphatic heterocycles. The lowest BCUT2D eigenvalue weighted by atomic mass is 10.2. The number of likely N-dealkylation sites (N-methyl/N-ethyl adjacent to an activating group) is 1. The van der Waals surface area contributed by atoms with Gasteiger partial charge in [-0.15, -0.1) is 0 Å². The fourth-order valence-electron chi connectivity index (χ4n) is 3.37. The summed E-state index contributed by atoms with van der Waals surface area (Å²) in [6, 6.07) is 20.6. The lowest BCUT2D eigenvalue weighted by molar-refractivity contribution is -0.883. The Morgan fingerprint density at radius 1 is 0.846 bits per heavy atom. The summed E-state index contributed by atoms with van der Waals surface area (Å²) in [5.41, 5.74) is 2.28. The summed E-state index contributed by atoms with van der Waals surface area (Å²) in [5.74, 6) is 4.06. The van der Waals surface area contributed by atoms with Gasteiger partial charge in [0.2, 0.25) is 0 Å². The zero-order valence-corrected chi connectivity index (χ0v) is 16.7. The highest BCUT2D eigenvalue weighted by Crippen LogP contribution is 2.62. The van der Waals surface area contributed by atoms with Crippen LogP contribution in [0.25, 0.3) is 9.81 Å². The number of quaternary nitrogens is 1. The Balaban J connectivity index is 1.75. The first kappa shape index (κ1) is 17.8. The molecule has 0 unspecified atom stereocenters. The van der Waals surface area contributed by atoms with E-state index in [1.165, 1.54) is 4.90 Å². The number of hydrogen-bond acceptors (Lipinski definition) is 2. The molecule has 0 aromatic heterocycles. The maximum absolute atomic E-state index is 14.0. The Hall–Kier alpha value is -1.58. The van der Waals surface area contributed by atoms with Crippen molar-refractivity contribution in [2.24, 2.45) is 0 Å². The van der Waals surface area contributed by atoms with E-state index in [0.29, 0.717) is 0 Å². The molecule has 26 heavy (non-hydrogen) atoms. The van der Waals surface area contributed by atoms with Gasteiger partial charge in [0.15, 0.2) is 7.29 Å². The molecule has 2 aromatic rings. The highest BCUT2D eigenvalue weighted by atomic mass is 32.2. The maximum Gasteiger partial charge on any atom is 0.195 e. The van der Waals surface area contributed by atoms with Gasteiger partial charge in [0.1, 0.15) is 0 Å². The van der Waals surface area contributed by atoms with E-state index in [1.807, 2.05) is 48.0 Å². The Labute approximate surface area is 159 Å². The van der Waals surface area contributed by atoms with Crippen molar-refractivity contribution in [1.29, 1.82) is 0 Å². The van der Waals surface area contributed by atoms with Crippen LogP contribution in [0.1, 0.15) is 11.1 Å². The number of thioether (sulfide) groups is 1. The van der Waals surface area contributed by atoms with Gasteiger partial charge in [-0.3, -0.25) is 4.57 Å². The summed E-state index contributed by atoms with van der Waals surface area (Å²) < 4.78 is 16.2. The summed E-state index contributed by atoms with van der Waals surface area (Å²) >= 11 is 1.72. The van der Waals surface area contributed by atoms with E-state index in [1.54, 1.807) is 11.8 Å². The number of hydrogen-bond donors (Lipinski definition) is 1. The van der Waals surface area contributed by atoms with E-state index in [-0.39, 0.29) is 0 Å².